The molecule has 0 fully saturated rings. The molecule has 0 aromatic heterocycles. The lowest BCUT2D eigenvalue weighted by Crippen LogP contribution is -2.38. The highest BCUT2D eigenvalue weighted by molar-refractivity contribution is 5.77. The predicted octanol–water partition coefficient (Wildman–Crippen LogP) is 1.35. The number of nitrogens with one attached hydrogen (secondary N) is 5. The van der Waals surface area contributed by atoms with Gasteiger partial charge in [-0.15, -0.1) is 0 Å². The van der Waals surface area contributed by atoms with Gasteiger partial charge in [0, 0.05) is 66.2 Å². The first-order chi connectivity index (χ1) is 21.2. The number of rotatable bonds is 19. The van der Waals surface area contributed by atoms with E-state index in [9.17, 15) is 24.0 Å². The molecule has 1 aromatic carbocycles. The Balaban J connectivity index is 3.39. The van der Waals surface area contributed by atoms with Gasteiger partial charge in [0.05, 0.1) is 26.4 Å². The Labute approximate surface area is 257 Å². The molecule has 0 heterocycles. The molecular weight excluding hydrogens is 582 g/mol. The lowest BCUT2D eigenvalue weighted by molar-refractivity contribution is -0.123. The van der Waals surface area contributed by atoms with Crippen molar-refractivity contribution in [1.29, 1.82) is 0 Å². The first-order valence-corrected chi connectivity index (χ1v) is 14.0. The molecule has 16 nitrogen and oxygen atoms in total. The van der Waals surface area contributed by atoms with Gasteiger partial charge in [-0.05, 0) is 30.5 Å². The van der Waals surface area contributed by atoms with Crippen LogP contribution < -0.4 is 31.3 Å². The van der Waals surface area contributed by atoms with Gasteiger partial charge in [0.15, 0.2) is 6.61 Å². The van der Waals surface area contributed by atoms with Crippen LogP contribution in [0.25, 0.3) is 0 Å². The average Bonchev–Trinajstić information content (AvgIpc) is 3.04. The van der Waals surface area contributed by atoms with Crippen LogP contribution in [0.4, 0.5) is 19.2 Å². The van der Waals surface area contributed by atoms with E-state index in [4.69, 9.17) is 28.4 Å². The van der Waals surface area contributed by atoms with E-state index in [-0.39, 0.29) is 38.9 Å². The molecule has 0 aliphatic carbocycles. The number of carbonyl (C=O) groups excluding carboxylic acids is 5. The van der Waals surface area contributed by atoms with Crippen molar-refractivity contribution in [3.8, 4) is 5.75 Å². The van der Waals surface area contributed by atoms with Gasteiger partial charge in [-0.1, -0.05) is 12.1 Å². The number of benzene rings is 1. The van der Waals surface area contributed by atoms with Crippen LogP contribution in [0.15, 0.2) is 24.3 Å². The number of carbonyl (C=O) groups is 5. The van der Waals surface area contributed by atoms with Crippen molar-refractivity contribution >= 4 is 30.3 Å². The second-order valence-corrected chi connectivity index (χ2v) is 9.35. The number of amides is 5. The molecule has 0 unspecified atom stereocenters. The molecule has 0 spiro atoms. The van der Waals surface area contributed by atoms with Crippen molar-refractivity contribution in [3.63, 3.8) is 0 Å². The first kappa shape index (κ1) is 37.6. The van der Waals surface area contributed by atoms with E-state index < -0.39 is 42.1 Å². The summed E-state index contributed by atoms with van der Waals surface area (Å²) in [5.74, 6) is -2.10. The molecule has 0 saturated carbocycles. The summed E-state index contributed by atoms with van der Waals surface area (Å²) in [7, 11) is 7.18. The fourth-order valence-corrected chi connectivity index (χ4v) is 4.07. The number of hydrogen-bond acceptors (Lipinski definition) is 11. The van der Waals surface area contributed by atoms with Crippen LogP contribution in [0.3, 0.4) is 0 Å². The van der Waals surface area contributed by atoms with E-state index in [1.807, 2.05) is 0 Å². The fraction of sp³-hybridized carbons (Fsp3) is 0.607. The minimum absolute atomic E-state index is 0.228. The van der Waals surface area contributed by atoms with Gasteiger partial charge in [0.1, 0.15) is 5.75 Å². The minimum atomic E-state index is -0.723. The van der Waals surface area contributed by atoms with Gasteiger partial charge in [-0.2, -0.15) is 0 Å². The monoisotopic (exact) mass is 627 g/mol. The summed E-state index contributed by atoms with van der Waals surface area (Å²) in [6.07, 6.45) is -1.33. The van der Waals surface area contributed by atoms with Crippen LogP contribution in [0.5, 0.6) is 5.75 Å². The second kappa shape index (κ2) is 22.1. The normalized spacial score (nSPS) is 10.5. The molecule has 0 aliphatic heterocycles. The molecule has 44 heavy (non-hydrogen) atoms. The van der Waals surface area contributed by atoms with Gasteiger partial charge in [-0.3, -0.25) is 4.79 Å². The zero-order chi connectivity index (χ0) is 32.7. The molecule has 5 amide bonds. The Kier molecular flexibility index (Phi) is 18.9. The summed E-state index contributed by atoms with van der Waals surface area (Å²) >= 11 is 0. The molecule has 0 bridgehead atoms. The van der Waals surface area contributed by atoms with Crippen LogP contribution in [-0.4, -0.2) is 112 Å². The molecule has 1 rings (SSSR count). The summed E-state index contributed by atoms with van der Waals surface area (Å²) in [6, 6.07) is 6.75. The van der Waals surface area contributed by atoms with Crippen LogP contribution >= 0.6 is 0 Å². The third-order valence-electron chi connectivity index (χ3n) is 6.26. The van der Waals surface area contributed by atoms with Crippen molar-refractivity contribution in [1.82, 2.24) is 26.6 Å². The van der Waals surface area contributed by atoms with Crippen molar-refractivity contribution < 1.29 is 52.4 Å². The maximum atomic E-state index is 12.3. The molecule has 248 valence electrons. The van der Waals surface area contributed by atoms with E-state index in [2.05, 4.69) is 26.6 Å². The standard InChI is InChI=1S/C28H45N5O11/c1-29-25(35)41-14-20(15-42-26(36)30-2)24(21(16-43-27(37)31-3)17-44-28(38)32-4)19-9-8-10-22(13-19)40-18-23(34)33-11-6-7-12-39-5/h8-10,13,20-21,24H,6-7,11-12,14-18H2,1-5H3,(H,29,35)(H,30,36)(H,31,37)(H,32,38)(H,33,34). The number of methoxy groups -OCH3 is 1. The Hall–Kier alpha value is -4.47. The molecule has 5 N–H and O–H groups in total. The molecule has 1 aromatic rings. The van der Waals surface area contributed by atoms with Gasteiger partial charge >= 0.3 is 24.4 Å². The van der Waals surface area contributed by atoms with E-state index in [1.165, 1.54) is 28.2 Å². The SMILES string of the molecule is CNC(=O)OCC(COC(=O)NC)C(c1cccc(OCC(=O)NCCCCOC)c1)C(COC(=O)NC)COC(=O)NC. The van der Waals surface area contributed by atoms with Crippen molar-refractivity contribution in [2.75, 3.05) is 81.5 Å². The first-order valence-electron chi connectivity index (χ1n) is 14.0. The summed E-state index contributed by atoms with van der Waals surface area (Å²) < 4.78 is 32.1. The van der Waals surface area contributed by atoms with Crippen LogP contribution in [0, 0.1) is 11.8 Å². The highest BCUT2D eigenvalue weighted by atomic mass is 16.6. The zero-order valence-electron chi connectivity index (χ0n) is 25.9. The highest BCUT2D eigenvalue weighted by Crippen LogP contribution is 2.36. The van der Waals surface area contributed by atoms with Gasteiger partial charge in [-0.25, -0.2) is 19.2 Å². The maximum absolute atomic E-state index is 12.3. The van der Waals surface area contributed by atoms with Gasteiger partial charge in [0.2, 0.25) is 0 Å². The summed E-state index contributed by atoms with van der Waals surface area (Å²) in [6.45, 7) is -0.0763. The largest absolute Gasteiger partial charge is 0.484 e. The topological polar surface area (TPSA) is 201 Å². The zero-order valence-corrected chi connectivity index (χ0v) is 25.9. The second-order valence-electron chi connectivity index (χ2n) is 9.35. The van der Waals surface area contributed by atoms with E-state index in [0.29, 0.717) is 24.5 Å². The quantitative estimate of drug-likeness (QED) is 0.109. The maximum Gasteiger partial charge on any atom is 0.406 e. The smallest absolute Gasteiger partial charge is 0.406 e. The molecule has 0 radical (unpaired) electrons. The van der Waals surface area contributed by atoms with Crippen molar-refractivity contribution in [2.45, 2.75) is 18.8 Å². The third-order valence-corrected chi connectivity index (χ3v) is 6.26. The lowest BCUT2D eigenvalue weighted by atomic mass is 9.77. The number of unbranched alkanes of at least 4 members (excludes halogenated alkanes) is 1. The molecule has 0 atom stereocenters. The van der Waals surface area contributed by atoms with Crippen molar-refractivity contribution in [3.05, 3.63) is 29.8 Å². The fourth-order valence-electron chi connectivity index (χ4n) is 4.07. The average molecular weight is 628 g/mol. The van der Waals surface area contributed by atoms with E-state index in [1.54, 1.807) is 31.4 Å². The van der Waals surface area contributed by atoms with Gasteiger partial charge in [0.25, 0.3) is 5.91 Å². The highest BCUT2D eigenvalue weighted by Gasteiger charge is 2.35. The number of alkyl carbamates (subject to hydrolysis) is 4. The molecule has 0 saturated heterocycles. The van der Waals surface area contributed by atoms with E-state index >= 15 is 0 Å². The Morgan fingerprint density at radius 2 is 1.18 bits per heavy atom. The van der Waals surface area contributed by atoms with Crippen LogP contribution in [0.2, 0.25) is 0 Å². The predicted molar refractivity (Wildman–Crippen MR) is 157 cm³/mol. The Bertz CT molecular complexity index is 959. The summed E-state index contributed by atoms with van der Waals surface area (Å²) in [5, 5.41) is 12.2. The minimum Gasteiger partial charge on any atom is -0.484 e. The number of ether oxygens (including phenoxy) is 6. The molecule has 16 heteroatoms. The Morgan fingerprint density at radius 3 is 1.61 bits per heavy atom. The van der Waals surface area contributed by atoms with E-state index in [0.717, 1.165) is 12.8 Å². The summed E-state index contributed by atoms with van der Waals surface area (Å²) in [4.78, 5) is 60.3. The molecule has 0 aliphatic rings. The lowest BCUT2D eigenvalue weighted by Gasteiger charge is -2.33. The van der Waals surface area contributed by atoms with Gasteiger partial charge < -0.3 is 55.0 Å². The Morgan fingerprint density at radius 1 is 0.705 bits per heavy atom. The van der Waals surface area contributed by atoms with Crippen molar-refractivity contribution in [2.24, 2.45) is 11.8 Å². The van der Waals surface area contributed by atoms with Crippen LogP contribution in [0.1, 0.15) is 24.3 Å². The van der Waals surface area contributed by atoms with Crippen LogP contribution in [-0.2, 0) is 28.5 Å². The third kappa shape index (κ3) is 15.1. The molecular formula is C28H45N5O11. The number of hydrogen-bond donors (Lipinski definition) is 5. The summed E-state index contributed by atoms with van der Waals surface area (Å²) in [5.41, 5.74) is 0.583.